The molecule has 2 aromatic carbocycles. The molecule has 0 spiro atoms. The van der Waals surface area contributed by atoms with Gasteiger partial charge in [0.15, 0.2) is 0 Å². The molecular weight excluding hydrogens is 354 g/mol. The lowest BCUT2D eigenvalue weighted by Gasteiger charge is -2.18. The largest absolute Gasteiger partial charge is 0.459 e. The van der Waals surface area contributed by atoms with E-state index in [0.717, 1.165) is 11.0 Å². The lowest BCUT2D eigenvalue weighted by Crippen LogP contribution is -2.31. The molecule has 1 unspecified atom stereocenters. The van der Waals surface area contributed by atoms with Crippen molar-refractivity contribution in [1.82, 2.24) is 10.2 Å². The van der Waals surface area contributed by atoms with Crippen molar-refractivity contribution in [3.63, 3.8) is 0 Å². The average Bonchev–Trinajstić information content (AvgIpc) is 3.14. The molecule has 1 atom stereocenters. The van der Waals surface area contributed by atoms with Crippen LogP contribution in [0.1, 0.15) is 42.9 Å². The van der Waals surface area contributed by atoms with E-state index in [0.29, 0.717) is 30.1 Å². The first-order valence-electron chi connectivity index (χ1n) is 9.47. The predicted octanol–water partition coefficient (Wildman–Crippen LogP) is 4.80. The van der Waals surface area contributed by atoms with Gasteiger partial charge in [0, 0.05) is 29.7 Å². The summed E-state index contributed by atoms with van der Waals surface area (Å²) in [5.74, 6) is 0.677. The number of amides is 3. The third-order valence-corrected chi connectivity index (χ3v) is 4.66. The molecule has 0 aliphatic heterocycles. The van der Waals surface area contributed by atoms with Gasteiger partial charge < -0.3 is 20.0 Å². The van der Waals surface area contributed by atoms with Crippen molar-refractivity contribution >= 4 is 28.6 Å². The van der Waals surface area contributed by atoms with Gasteiger partial charge in [-0.1, -0.05) is 18.2 Å². The minimum Gasteiger partial charge on any atom is -0.459 e. The van der Waals surface area contributed by atoms with Crippen molar-refractivity contribution in [2.75, 3.05) is 18.4 Å². The van der Waals surface area contributed by atoms with E-state index in [1.165, 1.54) is 0 Å². The van der Waals surface area contributed by atoms with Crippen LogP contribution in [-0.4, -0.2) is 29.9 Å². The molecule has 0 aliphatic rings. The number of fused-ring (bicyclic) bond motifs is 1. The van der Waals surface area contributed by atoms with E-state index >= 15 is 0 Å². The molecule has 0 fully saturated rings. The van der Waals surface area contributed by atoms with Gasteiger partial charge in [-0.25, -0.2) is 4.79 Å². The summed E-state index contributed by atoms with van der Waals surface area (Å²) in [5.41, 5.74) is 2.01. The van der Waals surface area contributed by atoms with Crippen LogP contribution in [-0.2, 0) is 0 Å². The maximum absolute atomic E-state index is 12.3. The van der Waals surface area contributed by atoms with Crippen LogP contribution in [0.15, 0.2) is 59.0 Å². The Balaban J connectivity index is 1.60. The van der Waals surface area contributed by atoms with E-state index in [-0.39, 0.29) is 18.0 Å². The zero-order valence-electron chi connectivity index (χ0n) is 16.4. The Morgan fingerprint density at radius 3 is 2.36 bits per heavy atom. The normalized spacial score (nSPS) is 11.8. The van der Waals surface area contributed by atoms with Gasteiger partial charge in [0.25, 0.3) is 5.91 Å². The minimum atomic E-state index is -0.337. The molecule has 0 saturated carbocycles. The third-order valence-electron chi connectivity index (χ3n) is 4.66. The first kappa shape index (κ1) is 19.5. The van der Waals surface area contributed by atoms with Crippen LogP contribution >= 0.6 is 0 Å². The smallest absolute Gasteiger partial charge is 0.319 e. The Kier molecular flexibility index (Phi) is 5.99. The number of rotatable bonds is 6. The van der Waals surface area contributed by atoms with Crippen molar-refractivity contribution in [3.05, 3.63) is 65.9 Å². The van der Waals surface area contributed by atoms with Gasteiger partial charge in [0.1, 0.15) is 11.3 Å². The maximum atomic E-state index is 12.3. The van der Waals surface area contributed by atoms with Gasteiger partial charge in [0.05, 0.1) is 6.04 Å². The molecule has 0 aliphatic carbocycles. The molecular formula is C22H25N3O3. The predicted molar refractivity (Wildman–Crippen MR) is 110 cm³/mol. The van der Waals surface area contributed by atoms with Crippen molar-refractivity contribution in [2.45, 2.75) is 26.8 Å². The zero-order chi connectivity index (χ0) is 20.1. The molecule has 2 N–H and O–H groups in total. The molecule has 1 aromatic heterocycles. The zero-order valence-corrected chi connectivity index (χ0v) is 16.4. The lowest BCUT2D eigenvalue weighted by molar-refractivity contribution is 0.0773. The van der Waals surface area contributed by atoms with Crippen molar-refractivity contribution in [2.24, 2.45) is 0 Å². The fraction of sp³-hybridized carbons (Fsp3) is 0.273. The van der Waals surface area contributed by atoms with Gasteiger partial charge in [-0.3, -0.25) is 4.79 Å². The molecule has 1 heterocycles. The van der Waals surface area contributed by atoms with E-state index in [9.17, 15) is 9.59 Å². The number of para-hydroxylation sites is 1. The Morgan fingerprint density at radius 1 is 1.04 bits per heavy atom. The van der Waals surface area contributed by atoms with Gasteiger partial charge in [-0.05, 0) is 57.2 Å². The van der Waals surface area contributed by atoms with E-state index in [1.807, 2.05) is 51.1 Å². The molecule has 0 radical (unpaired) electrons. The number of anilines is 1. The number of carbonyl (C=O) groups is 2. The highest BCUT2D eigenvalue weighted by Crippen LogP contribution is 2.23. The summed E-state index contributed by atoms with van der Waals surface area (Å²) in [6, 6.07) is 15.9. The summed E-state index contributed by atoms with van der Waals surface area (Å²) in [6.07, 6.45) is 0. The number of nitrogens with zero attached hydrogens (tertiary/aromatic N) is 1. The monoisotopic (exact) mass is 379 g/mol. The van der Waals surface area contributed by atoms with E-state index in [2.05, 4.69) is 10.6 Å². The number of hydrogen-bond acceptors (Lipinski definition) is 3. The standard InChI is InChI=1S/C22H25N3O3/c1-4-25(5-2)21(26)16-10-12-18(13-11-16)24-22(27)23-15(3)20-14-17-8-6-7-9-19(17)28-20/h6-15H,4-5H2,1-3H3,(H2,23,24,27). The summed E-state index contributed by atoms with van der Waals surface area (Å²) in [6.45, 7) is 7.09. The fourth-order valence-electron chi connectivity index (χ4n) is 3.04. The van der Waals surface area contributed by atoms with Crippen LogP contribution < -0.4 is 10.6 Å². The molecule has 3 aromatic rings. The van der Waals surface area contributed by atoms with E-state index < -0.39 is 0 Å². The number of nitrogens with one attached hydrogen (secondary N) is 2. The summed E-state index contributed by atoms with van der Waals surface area (Å²) in [7, 11) is 0. The third kappa shape index (κ3) is 4.34. The fourth-order valence-corrected chi connectivity index (χ4v) is 3.04. The summed E-state index contributed by atoms with van der Waals surface area (Å²) >= 11 is 0. The summed E-state index contributed by atoms with van der Waals surface area (Å²) < 4.78 is 5.78. The Labute approximate surface area is 164 Å². The second-order valence-corrected chi connectivity index (χ2v) is 6.56. The van der Waals surface area contributed by atoms with Gasteiger partial charge in [-0.15, -0.1) is 0 Å². The molecule has 0 saturated heterocycles. The first-order chi connectivity index (χ1) is 13.5. The highest BCUT2D eigenvalue weighted by atomic mass is 16.3. The number of furan rings is 1. The molecule has 28 heavy (non-hydrogen) atoms. The number of hydrogen-bond donors (Lipinski definition) is 2. The van der Waals surface area contributed by atoms with Crippen LogP contribution in [0.2, 0.25) is 0 Å². The maximum Gasteiger partial charge on any atom is 0.319 e. The Morgan fingerprint density at radius 2 is 1.71 bits per heavy atom. The van der Waals surface area contributed by atoms with Gasteiger partial charge in [0.2, 0.25) is 0 Å². The summed E-state index contributed by atoms with van der Waals surface area (Å²) in [5, 5.41) is 6.64. The van der Waals surface area contributed by atoms with Crippen LogP contribution in [0.25, 0.3) is 11.0 Å². The van der Waals surface area contributed by atoms with Crippen LogP contribution in [0.3, 0.4) is 0 Å². The topological polar surface area (TPSA) is 74.6 Å². The van der Waals surface area contributed by atoms with Gasteiger partial charge in [-0.2, -0.15) is 0 Å². The van der Waals surface area contributed by atoms with Crippen LogP contribution in [0.5, 0.6) is 0 Å². The average molecular weight is 379 g/mol. The first-order valence-corrected chi connectivity index (χ1v) is 9.47. The molecule has 3 amide bonds. The molecule has 146 valence electrons. The molecule has 6 nitrogen and oxygen atoms in total. The SMILES string of the molecule is CCN(CC)C(=O)c1ccc(NC(=O)NC(C)c2cc3ccccc3o2)cc1. The van der Waals surface area contributed by atoms with Crippen LogP contribution in [0.4, 0.5) is 10.5 Å². The molecule has 3 rings (SSSR count). The quantitative estimate of drug-likeness (QED) is 0.646. The minimum absolute atomic E-state index is 0.0143. The van der Waals surface area contributed by atoms with Gasteiger partial charge >= 0.3 is 6.03 Å². The highest BCUT2D eigenvalue weighted by Gasteiger charge is 2.15. The van der Waals surface area contributed by atoms with E-state index in [1.54, 1.807) is 29.2 Å². The highest BCUT2D eigenvalue weighted by molar-refractivity contribution is 5.95. The van der Waals surface area contributed by atoms with E-state index in [4.69, 9.17) is 4.42 Å². The second-order valence-electron chi connectivity index (χ2n) is 6.56. The second kappa shape index (κ2) is 8.61. The van der Waals surface area contributed by atoms with Crippen molar-refractivity contribution in [3.8, 4) is 0 Å². The Bertz CT molecular complexity index is 926. The Hall–Kier alpha value is -3.28. The molecule has 6 heteroatoms. The number of urea groups is 1. The number of benzene rings is 2. The van der Waals surface area contributed by atoms with Crippen LogP contribution in [0, 0.1) is 0 Å². The van der Waals surface area contributed by atoms with Crippen molar-refractivity contribution < 1.29 is 14.0 Å². The summed E-state index contributed by atoms with van der Waals surface area (Å²) in [4.78, 5) is 26.4. The van der Waals surface area contributed by atoms with Crippen molar-refractivity contribution in [1.29, 1.82) is 0 Å². The lowest BCUT2D eigenvalue weighted by atomic mass is 10.2. The number of carbonyl (C=O) groups excluding carboxylic acids is 2. The molecule has 0 bridgehead atoms.